The van der Waals surface area contributed by atoms with Crippen molar-refractivity contribution in [3.63, 3.8) is 0 Å². The summed E-state index contributed by atoms with van der Waals surface area (Å²) in [7, 11) is 1.72. The molecule has 1 fully saturated rings. The molecule has 1 aromatic heterocycles. The minimum absolute atomic E-state index is 0.275. The smallest absolute Gasteiger partial charge is 0.197 e. The molecule has 0 spiro atoms. The molecule has 3 unspecified atom stereocenters. The molecule has 3 heteroatoms. The van der Waals surface area contributed by atoms with Crippen LogP contribution >= 0.6 is 0 Å². The lowest BCUT2D eigenvalue weighted by molar-refractivity contribution is 0.378. The minimum atomic E-state index is 0.275. The van der Waals surface area contributed by atoms with E-state index in [1.807, 2.05) is 0 Å². The second-order valence-electron chi connectivity index (χ2n) is 4.79. The van der Waals surface area contributed by atoms with Gasteiger partial charge in [0.15, 0.2) is 11.8 Å². The predicted octanol–water partition coefficient (Wildman–Crippen LogP) is 2.05. The molecular formula is C11H15NO2. The van der Waals surface area contributed by atoms with Crippen LogP contribution in [0.25, 0.3) is 0 Å². The van der Waals surface area contributed by atoms with Crippen LogP contribution in [0.3, 0.4) is 0 Å². The summed E-state index contributed by atoms with van der Waals surface area (Å²) >= 11 is 0. The summed E-state index contributed by atoms with van der Waals surface area (Å²) in [6.07, 6.45) is 2.28. The van der Waals surface area contributed by atoms with Crippen molar-refractivity contribution >= 4 is 0 Å². The normalized spacial score (nSPS) is 33.7. The third-order valence-electron chi connectivity index (χ3n) is 4.07. The van der Waals surface area contributed by atoms with Gasteiger partial charge < -0.3 is 10.2 Å². The largest absolute Gasteiger partial charge is 0.494 e. The topological polar surface area (TPSA) is 45.4 Å². The first-order valence-corrected chi connectivity index (χ1v) is 5.21. The van der Waals surface area contributed by atoms with Gasteiger partial charge in [0.2, 0.25) is 0 Å². The van der Waals surface area contributed by atoms with Crippen molar-refractivity contribution in [2.75, 3.05) is 0 Å². The maximum Gasteiger partial charge on any atom is 0.197 e. The van der Waals surface area contributed by atoms with Gasteiger partial charge in [0.1, 0.15) is 0 Å². The van der Waals surface area contributed by atoms with Gasteiger partial charge in [-0.25, -0.2) is 0 Å². The fourth-order valence-corrected chi connectivity index (χ4v) is 3.36. The number of hydrogen-bond donors (Lipinski definition) is 2. The van der Waals surface area contributed by atoms with E-state index in [9.17, 15) is 10.2 Å². The Morgan fingerprint density at radius 3 is 2.50 bits per heavy atom. The fraction of sp³-hybridized carbons (Fsp3) is 0.636. The minimum Gasteiger partial charge on any atom is -0.494 e. The summed E-state index contributed by atoms with van der Waals surface area (Å²) in [5.41, 5.74) is 2.04. The standard InChI is InChI=1S/C11H15NO2/c1-5-3-6-4-7(5)9-8(6)10(13)12(2)11(9)14/h5-7,13-14H,3-4H2,1-2H3. The SMILES string of the molecule is CC1CC2CC1c1c2c(O)n(C)c1O. The Morgan fingerprint density at radius 1 is 1.14 bits per heavy atom. The summed E-state index contributed by atoms with van der Waals surface area (Å²) in [4.78, 5) is 0. The van der Waals surface area contributed by atoms with E-state index < -0.39 is 0 Å². The molecular weight excluding hydrogens is 178 g/mol. The van der Waals surface area contributed by atoms with E-state index in [1.54, 1.807) is 7.05 Å². The third-order valence-corrected chi connectivity index (χ3v) is 4.07. The van der Waals surface area contributed by atoms with Gasteiger partial charge in [-0.05, 0) is 30.6 Å². The Morgan fingerprint density at radius 2 is 1.79 bits per heavy atom. The number of hydrogen-bond acceptors (Lipinski definition) is 2. The van der Waals surface area contributed by atoms with E-state index in [1.165, 1.54) is 4.57 Å². The molecule has 0 radical (unpaired) electrons. The van der Waals surface area contributed by atoms with Crippen molar-refractivity contribution in [3.8, 4) is 11.8 Å². The second-order valence-corrected chi connectivity index (χ2v) is 4.79. The molecule has 0 amide bonds. The molecule has 76 valence electrons. The lowest BCUT2D eigenvalue weighted by atomic mass is 9.87. The molecule has 2 aliphatic carbocycles. The summed E-state index contributed by atoms with van der Waals surface area (Å²) in [6, 6.07) is 0. The highest BCUT2D eigenvalue weighted by molar-refractivity contribution is 5.54. The van der Waals surface area contributed by atoms with Crippen molar-refractivity contribution in [2.45, 2.75) is 31.6 Å². The molecule has 1 heterocycles. The Bertz CT molecular complexity index is 408. The highest BCUT2D eigenvalue weighted by atomic mass is 16.3. The summed E-state index contributed by atoms with van der Waals surface area (Å²) in [5.74, 6) is 2.16. The Labute approximate surface area is 83.0 Å². The number of aromatic hydroxyl groups is 2. The first kappa shape index (κ1) is 8.21. The predicted molar refractivity (Wildman–Crippen MR) is 52.6 cm³/mol. The Balaban J connectivity index is 2.26. The Hall–Kier alpha value is -1.12. The van der Waals surface area contributed by atoms with E-state index >= 15 is 0 Å². The summed E-state index contributed by atoms with van der Waals surface area (Å²) < 4.78 is 1.50. The van der Waals surface area contributed by atoms with Gasteiger partial charge >= 0.3 is 0 Å². The molecule has 2 N–H and O–H groups in total. The van der Waals surface area contributed by atoms with Gasteiger partial charge in [-0.1, -0.05) is 6.92 Å². The summed E-state index contributed by atoms with van der Waals surface area (Å²) in [6.45, 7) is 2.23. The van der Waals surface area contributed by atoms with Crippen LogP contribution in [0.4, 0.5) is 0 Å². The van der Waals surface area contributed by atoms with Crippen LogP contribution in [0.5, 0.6) is 11.8 Å². The summed E-state index contributed by atoms with van der Waals surface area (Å²) in [5, 5.41) is 19.7. The molecule has 3 rings (SSSR count). The second kappa shape index (κ2) is 2.27. The number of aromatic nitrogens is 1. The van der Waals surface area contributed by atoms with Gasteiger partial charge in [0, 0.05) is 18.2 Å². The number of rotatable bonds is 0. The molecule has 2 bridgehead atoms. The zero-order chi connectivity index (χ0) is 10.0. The van der Waals surface area contributed by atoms with Gasteiger partial charge in [0.05, 0.1) is 0 Å². The van der Waals surface area contributed by atoms with Crippen molar-refractivity contribution in [3.05, 3.63) is 11.1 Å². The van der Waals surface area contributed by atoms with E-state index in [0.29, 0.717) is 17.8 Å². The van der Waals surface area contributed by atoms with Gasteiger partial charge in [-0.2, -0.15) is 0 Å². The van der Waals surface area contributed by atoms with Crippen LogP contribution in [0.2, 0.25) is 0 Å². The van der Waals surface area contributed by atoms with Crippen LogP contribution in [0.15, 0.2) is 0 Å². The maximum atomic E-state index is 9.88. The van der Waals surface area contributed by atoms with Gasteiger partial charge in [-0.3, -0.25) is 4.57 Å². The first-order valence-electron chi connectivity index (χ1n) is 5.21. The van der Waals surface area contributed by atoms with Crippen LogP contribution in [-0.2, 0) is 7.05 Å². The van der Waals surface area contributed by atoms with Crippen LogP contribution in [0, 0.1) is 5.92 Å². The quantitative estimate of drug-likeness (QED) is 0.662. The van der Waals surface area contributed by atoms with E-state index in [-0.39, 0.29) is 11.8 Å². The van der Waals surface area contributed by atoms with Crippen molar-refractivity contribution < 1.29 is 10.2 Å². The highest BCUT2D eigenvalue weighted by Gasteiger charge is 2.47. The molecule has 2 aliphatic rings. The molecule has 0 aromatic carbocycles. The van der Waals surface area contributed by atoms with Crippen LogP contribution < -0.4 is 0 Å². The number of fused-ring (bicyclic) bond motifs is 5. The third kappa shape index (κ3) is 0.703. The highest BCUT2D eigenvalue weighted by Crippen LogP contribution is 2.61. The molecule has 3 nitrogen and oxygen atoms in total. The number of nitrogens with zero attached hydrogens (tertiary/aromatic N) is 1. The lowest BCUT2D eigenvalue weighted by Crippen LogP contribution is -2.04. The molecule has 14 heavy (non-hydrogen) atoms. The molecule has 3 atom stereocenters. The fourth-order valence-electron chi connectivity index (χ4n) is 3.36. The molecule has 1 aromatic rings. The van der Waals surface area contributed by atoms with Gasteiger partial charge in [0.25, 0.3) is 0 Å². The first-order chi connectivity index (χ1) is 6.61. The van der Waals surface area contributed by atoms with Crippen molar-refractivity contribution in [2.24, 2.45) is 13.0 Å². The maximum absolute atomic E-state index is 9.88. The molecule has 1 saturated carbocycles. The van der Waals surface area contributed by atoms with E-state index in [4.69, 9.17) is 0 Å². The van der Waals surface area contributed by atoms with Crippen LogP contribution in [0.1, 0.15) is 42.7 Å². The molecule has 0 aliphatic heterocycles. The lowest BCUT2D eigenvalue weighted by Gasteiger charge is -2.17. The van der Waals surface area contributed by atoms with E-state index in [0.717, 1.165) is 24.0 Å². The average Bonchev–Trinajstić information content (AvgIpc) is 2.74. The monoisotopic (exact) mass is 193 g/mol. The van der Waals surface area contributed by atoms with Gasteiger partial charge in [-0.15, -0.1) is 0 Å². The molecule has 0 saturated heterocycles. The van der Waals surface area contributed by atoms with Crippen LogP contribution in [-0.4, -0.2) is 14.8 Å². The zero-order valence-corrected chi connectivity index (χ0v) is 8.49. The van der Waals surface area contributed by atoms with Crippen molar-refractivity contribution in [1.82, 2.24) is 4.57 Å². The zero-order valence-electron chi connectivity index (χ0n) is 8.49. The van der Waals surface area contributed by atoms with Crippen molar-refractivity contribution in [1.29, 1.82) is 0 Å². The van der Waals surface area contributed by atoms with E-state index in [2.05, 4.69) is 6.92 Å². The Kier molecular flexibility index (Phi) is 1.33. The average molecular weight is 193 g/mol.